The molecule has 1 fully saturated rings. The maximum Gasteiger partial charge on any atom is 0.130 e. The predicted octanol–water partition coefficient (Wildman–Crippen LogP) is 3.22. The van der Waals surface area contributed by atoms with Gasteiger partial charge < -0.3 is 10.1 Å². The van der Waals surface area contributed by atoms with E-state index in [4.69, 9.17) is 4.74 Å². The van der Waals surface area contributed by atoms with Crippen LogP contribution < -0.4 is 10.1 Å². The van der Waals surface area contributed by atoms with Crippen molar-refractivity contribution in [2.24, 2.45) is 0 Å². The van der Waals surface area contributed by atoms with E-state index in [0.29, 0.717) is 12.6 Å². The Morgan fingerprint density at radius 3 is 2.75 bits per heavy atom. The number of hydrogen-bond donors (Lipinski definition) is 1. The molecular formula is C17H20N2O. The van der Waals surface area contributed by atoms with Crippen molar-refractivity contribution in [3.05, 3.63) is 59.4 Å². The molecule has 104 valence electrons. The first-order valence-electron chi connectivity index (χ1n) is 7.17. The summed E-state index contributed by atoms with van der Waals surface area (Å²) >= 11 is 0. The highest BCUT2D eigenvalue weighted by atomic mass is 16.5. The van der Waals surface area contributed by atoms with Crippen molar-refractivity contribution >= 4 is 0 Å². The van der Waals surface area contributed by atoms with Gasteiger partial charge >= 0.3 is 0 Å². The number of rotatable bonds is 6. The maximum atomic E-state index is 5.78. The quantitative estimate of drug-likeness (QED) is 0.873. The van der Waals surface area contributed by atoms with Crippen LogP contribution in [0.5, 0.6) is 5.75 Å². The molecule has 20 heavy (non-hydrogen) atoms. The van der Waals surface area contributed by atoms with Crippen LogP contribution in [0.25, 0.3) is 0 Å². The summed E-state index contributed by atoms with van der Waals surface area (Å²) < 4.78 is 5.78. The molecule has 0 atom stereocenters. The summed E-state index contributed by atoms with van der Waals surface area (Å²) in [5, 5.41) is 3.48. The van der Waals surface area contributed by atoms with Gasteiger partial charge in [-0.1, -0.05) is 18.2 Å². The van der Waals surface area contributed by atoms with Crippen LogP contribution in [-0.2, 0) is 13.2 Å². The van der Waals surface area contributed by atoms with Gasteiger partial charge in [-0.15, -0.1) is 0 Å². The lowest BCUT2D eigenvalue weighted by Crippen LogP contribution is -2.16. The second kappa shape index (κ2) is 6.06. The fourth-order valence-corrected chi connectivity index (χ4v) is 2.11. The van der Waals surface area contributed by atoms with Gasteiger partial charge in [-0.25, -0.2) is 0 Å². The third-order valence-electron chi connectivity index (χ3n) is 3.39. The van der Waals surface area contributed by atoms with Crippen LogP contribution in [0.15, 0.2) is 42.5 Å². The normalized spacial score (nSPS) is 14.2. The number of nitrogens with zero attached hydrogens (tertiary/aromatic N) is 1. The summed E-state index contributed by atoms with van der Waals surface area (Å²) in [5.41, 5.74) is 3.27. The van der Waals surface area contributed by atoms with Crippen molar-refractivity contribution in [1.29, 1.82) is 0 Å². The van der Waals surface area contributed by atoms with Gasteiger partial charge in [-0.05, 0) is 49.6 Å². The number of benzene rings is 1. The molecule has 2 aromatic rings. The second-order valence-electron chi connectivity index (χ2n) is 5.38. The Morgan fingerprint density at radius 2 is 1.95 bits per heavy atom. The van der Waals surface area contributed by atoms with E-state index in [-0.39, 0.29) is 0 Å². The average Bonchev–Trinajstić information content (AvgIpc) is 3.28. The molecule has 3 rings (SSSR count). The van der Waals surface area contributed by atoms with Crippen molar-refractivity contribution < 1.29 is 4.74 Å². The van der Waals surface area contributed by atoms with Crippen molar-refractivity contribution in [3.63, 3.8) is 0 Å². The largest absolute Gasteiger partial charge is 0.487 e. The molecule has 1 saturated carbocycles. The summed E-state index contributed by atoms with van der Waals surface area (Å²) in [4.78, 5) is 4.62. The molecular weight excluding hydrogens is 248 g/mol. The van der Waals surface area contributed by atoms with Crippen LogP contribution in [0.2, 0.25) is 0 Å². The second-order valence-corrected chi connectivity index (χ2v) is 5.38. The van der Waals surface area contributed by atoms with E-state index in [9.17, 15) is 0 Å². The maximum absolute atomic E-state index is 5.78. The summed E-state index contributed by atoms with van der Waals surface area (Å²) in [7, 11) is 0. The zero-order valence-electron chi connectivity index (χ0n) is 11.8. The molecule has 1 aliphatic rings. The van der Waals surface area contributed by atoms with Gasteiger partial charge in [0.2, 0.25) is 0 Å². The molecule has 1 aromatic carbocycles. The Kier molecular flexibility index (Phi) is 3.97. The van der Waals surface area contributed by atoms with Crippen LogP contribution in [0.1, 0.15) is 29.8 Å². The molecule has 3 nitrogen and oxygen atoms in total. The van der Waals surface area contributed by atoms with Crippen molar-refractivity contribution in [2.75, 3.05) is 0 Å². The number of hydrogen-bond acceptors (Lipinski definition) is 3. The highest BCUT2D eigenvalue weighted by molar-refractivity contribution is 5.27. The Balaban J connectivity index is 1.57. The molecule has 1 N–H and O–H groups in total. The summed E-state index contributed by atoms with van der Waals surface area (Å²) in [5.74, 6) is 0.897. The van der Waals surface area contributed by atoms with E-state index < -0.39 is 0 Å². The third kappa shape index (κ3) is 3.81. The molecule has 0 bridgehead atoms. The summed E-state index contributed by atoms with van der Waals surface area (Å²) in [6.45, 7) is 3.43. The minimum Gasteiger partial charge on any atom is -0.487 e. The molecule has 1 aliphatic carbocycles. The Morgan fingerprint density at radius 1 is 1.15 bits per heavy atom. The summed E-state index contributed by atoms with van der Waals surface area (Å²) in [6, 6.07) is 14.9. The molecule has 1 aromatic heterocycles. The molecule has 0 amide bonds. The van der Waals surface area contributed by atoms with Crippen molar-refractivity contribution in [2.45, 2.75) is 39.0 Å². The smallest absolute Gasteiger partial charge is 0.130 e. The van der Waals surface area contributed by atoms with Gasteiger partial charge in [0.05, 0.1) is 11.4 Å². The van der Waals surface area contributed by atoms with Crippen molar-refractivity contribution in [1.82, 2.24) is 10.3 Å². The van der Waals surface area contributed by atoms with Gasteiger partial charge in [0.25, 0.3) is 0 Å². The van der Waals surface area contributed by atoms with E-state index in [1.165, 1.54) is 18.4 Å². The van der Waals surface area contributed by atoms with Gasteiger partial charge in [0.15, 0.2) is 0 Å². The van der Waals surface area contributed by atoms with Gasteiger partial charge in [0, 0.05) is 12.6 Å². The third-order valence-corrected chi connectivity index (χ3v) is 3.39. The van der Waals surface area contributed by atoms with Crippen LogP contribution in [-0.4, -0.2) is 11.0 Å². The molecule has 0 aliphatic heterocycles. The Labute approximate surface area is 120 Å². The first-order valence-corrected chi connectivity index (χ1v) is 7.17. The topological polar surface area (TPSA) is 34.1 Å². The van der Waals surface area contributed by atoms with Crippen LogP contribution in [0.4, 0.5) is 0 Å². The first kappa shape index (κ1) is 13.1. The van der Waals surface area contributed by atoms with Gasteiger partial charge in [-0.3, -0.25) is 4.98 Å². The zero-order chi connectivity index (χ0) is 13.8. The van der Waals surface area contributed by atoms with Crippen LogP contribution in [0, 0.1) is 6.92 Å². The first-order chi connectivity index (χ1) is 9.79. The minimum atomic E-state index is 0.515. The SMILES string of the molecule is Cc1cccc(OCc2cccc(CNC3CC3)n2)c1. The molecule has 3 heteroatoms. The minimum absolute atomic E-state index is 0.515. The number of pyridine rings is 1. The van der Waals surface area contributed by atoms with Crippen LogP contribution >= 0.6 is 0 Å². The Hall–Kier alpha value is -1.87. The lowest BCUT2D eigenvalue weighted by Gasteiger charge is -2.08. The lowest BCUT2D eigenvalue weighted by molar-refractivity contribution is 0.300. The predicted molar refractivity (Wildman–Crippen MR) is 79.6 cm³/mol. The van der Waals surface area contributed by atoms with E-state index in [0.717, 1.165) is 23.7 Å². The standard InChI is InChI=1S/C17H20N2O/c1-13-4-2-7-17(10-13)20-12-16-6-3-5-15(19-16)11-18-14-8-9-14/h2-7,10,14,18H,8-9,11-12H2,1H3. The summed E-state index contributed by atoms with van der Waals surface area (Å²) in [6.07, 6.45) is 2.60. The number of aromatic nitrogens is 1. The number of aryl methyl sites for hydroxylation is 1. The van der Waals surface area contributed by atoms with E-state index in [1.54, 1.807) is 0 Å². The van der Waals surface area contributed by atoms with E-state index in [2.05, 4.69) is 29.4 Å². The fourth-order valence-electron chi connectivity index (χ4n) is 2.11. The molecule has 0 saturated heterocycles. The zero-order valence-corrected chi connectivity index (χ0v) is 11.8. The highest BCUT2D eigenvalue weighted by Crippen LogP contribution is 2.19. The van der Waals surface area contributed by atoms with Gasteiger partial charge in [0.1, 0.15) is 12.4 Å². The molecule has 1 heterocycles. The lowest BCUT2D eigenvalue weighted by atomic mass is 10.2. The average molecular weight is 268 g/mol. The fraction of sp³-hybridized carbons (Fsp3) is 0.353. The Bertz CT molecular complexity index is 579. The van der Waals surface area contributed by atoms with Gasteiger partial charge in [-0.2, -0.15) is 0 Å². The van der Waals surface area contributed by atoms with Crippen molar-refractivity contribution in [3.8, 4) is 5.75 Å². The highest BCUT2D eigenvalue weighted by Gasteiger charge is 2.20. The number of ether oxygens (including phenoxy) is 1. The van der Waals surface area contributed by atoms with E-state index >= 15 is 0 Å². The van der Waals surface area contributed by atoms with Crippen LogP contribution in [0.3, 0.4) is 0 Å². The monoisotopic (exact) mass is 268 g/mol. The number of nitrogens with one attached hydrogen (secondary N) is 1. The van der Waals surface area contributed by atoms with E-state index in [1.807, 2.05) is 30.3 Å². The molecule has 0 spiro atoms. The molecule has 0 radical (unpaired) electrons. The molecule has 0 unspecified atom stereocenters.